The average molecular weight is 428 g/mol. The first-order chi connectivity index (χ1) is 15.1. The van der Waals surface area contributed by atoms with Crippen LogP contribution in [0.5, 0.6) is 23.0 Å². The highest BCUT2D eigenvalue weighted by Gasteiger charge is 2.30. The molecule has 2 aromatic rings. The second-order valence-electron chi connectivity index (χ2n) is 6.82. The molecule has 0 saturated carbocycles. The SMILES string of the molecule is CCOc1ccc(C2CC(C(=O)N/N=C/c3ccc(OC)c(OC)c3)NN2)cc1OC. The van der Waals surface area contributed by atoms with Gasteiger partial charge in [-0.1, -0.05) is 6.07 Å². The fraction of sp³-hybridized carbons (Fsp3) is 0.364. The number of methoxy groups -OCH3 is 3. The van der Waals surface area contributed by atoms with Crippen LogP contribution in [0.1, 0.15) is 30.5 Å². The number of ether oxygens (including phenoxy) is 4. The van der Waals surface area contributed by atoms with E-state index in [1.165, 1.54) is 0 Å². The quantitative estimate of drug-likeness (QED) is 0.416. The van der Waals surface area contributed by atoms with E-state index in [2.05, 4.69) is 21.4 Å². The summed E-state index contributed by atoms with van der Waals surface area (Å²) in [6.45, 7) is 2.48. The maximum Gasteiger partial charge on any atom is 0.258 e. The zero-order valence-corrected chi connectivity index (χ0v) is 18.1. The number of hydrogen-bond acceptors (Lipinski definition) is 8. The lowest BCUT2D eigenvalue weighted by molar-refractivity contribution is -0.122. The van der Waals surface area contributed by atoms with Gasteiger partial charge in [0.2, 0.25) is 0 Å². The van der Waals surface area contributed by atoms with Crippen molar-refractivity contribution in [1.29, 1.82) is 0 Å². The molecule has 1 heterocycles. The fourth-order valence-electron chi connectivity index (χ4n) is 3.30. The van der Waals surface area contributed by atoms with Gasteiger partial charge >= 0.3 is 0 Å². The summed E-state index contributed by atoms with van der Waals surface area (Å²) in [6, 6.07) is 10.7. The minimum atomic E-state index is -0.426. The third-order valence-electron chi connectivity index (χ3n) is 4.91. The topological polar surface area (TPSA) is 102 Å². The molecule has 2 aromatic carbocycles. The van der Waals surface area contributed by atoms with E-state index < -0.39 is 6.04 Å². The van der Waals surface area contributed by atoms with Gasteiger partial charge in [0.15, 0.2) is 23.0 Å². The van der Waals surface area contributed by atoms with Crippen LogP contribution in [0.4, 0.5) is 0 Å². The first kappa shape index (κ1) is 22.4. The second kappa shape index (κ2) is 10.6. The molecule has 31 heavy (non-hydrogen) atoms. The highest BCUT2D eigenvalue weighted by Crippen LogP contribution is 2.32. The maximum absolute atomic E-state index is 12.5. The molecule has 0 aromatic heterocycles. The Morgan fingerprint density at radius 2 is 1.74 bits per heavy atom. The standard InChI is InChI=1S/C22H28N4O5/c1-5-31-19-9-7-15(11-21(19)30-4)16-12-17(25-24-16)22(27)26-23-13-14-6-8-18(28-2)20(10-14)29-3/h6-11,13,16-17,24-25H,5,12H2,1-4H3,(H,26,27)/b23-13+. The Morgan fingerprint density at radius 1 is 1.03 bits per heavy atom. The van der Waals surface area contributed by atoms with E-state index >= 15 is 0 Å². The van der Waals surface area contributed by atoms with Crippen molar-refractivity contribution in [1.82, 2.24) is 16.3 Å². The number of nitrogens with zero attached hydrogens (tertiary/aromatic N) is 1. The van der Waals surface area contributed by atoms with E-state index in [0.29, 0.717) is 36.0 Å². The molecule has 3 rings (SSSR count). The zero-order chi connectivity index (χ0) is 22.2. The molecule has 3 N–H and O–H groups in total. The average Bonchev–Trinajstić information content (AvgIpc) is 3.29. The van der Waals surface area contributed by atoms with Crippen LogP contribution in [0, 0.1) is 0 Å². The molecule has 2 atom stereocenters. The molecule has 1 aliphatic rings. The van der Waals surface area contributed by atoms with E-state index in [0.717, 1.165) is 11.1 Å². The molecular weight excluding hydrogens is 400 g/mol. The van der Waals surface area contributed by atoms with E-state index in [-0.39, 0.29) is 11.9 Å². The van der Waals surface area contributed by atoms with Crippen molar-refractivity contribution >= 4 is 12.1 Å². The van der Waals surface area contributed by atoms with Gasteiger partial charge in [0.1, 0.15) is 6.04 Å². The van der Waals surface area contributed by atoms with Gasteiger partial charge in [-0.2, -0.15) is 5.10 Å². The molecule has 1 saturated heterocycles. The summed E-state index contributed by atoms with van der Waals surface area (Å²) in [7, 11) is 4.75. The summed E-state index contributed by atoms with van der Waals surface area (Å²) in [5.74, 6) is 2.34. The van der Waals surface area contributed by atoms with E-state index in [9.17, 15) is 4.79 Å². The fourth-order valence-corrected chi connectivity index (χ4v) is 3.30. The van der Waals surface area contributed by atoms with Gasteiger partial charge in [-0.25, -0.2) is 16.3 Å². The number of hydrazone groups is 1. The summed E-state index contributed by atoms with van der Waals surface area (Å²) in [5, 5.41) is 4.05. The highest BCUT2D eigenvalue weighted by atomic mass is 16.5. The Kier molecular flexibility index (Phi) is 7.69. The lowest BCUT2D eigenvalue weighted by Crippen LogP contribution is -2.41. The van der Waals surface area contributed by atoms with Gasteiger partial charge in [-0.05, 0) is 54.8 Å². The first-order valence-corrected chi connectivity index (χ1v) is 9.96. The maximum atomic E-state index is 12.5. The largest absolute Gasteiger partial charge is 0.493 e. The molecule has 1 fully saturated rings. The van der Waals surface area contributed by atoms with Crippen molar-refractivity contribution in [3.05, 3.63) is 47.5 Å². The third kappa shape index (κ3) is 5.44. The van der Waals surface area contributed by atoms with Crippen LogP contribution >= 0.6 is 0 Å². The molecule has 1 amide bonds. The summed E-state index contributed by atoms with van der Waals surface area (Å²) >= 11 is 0. The van der Waals surface area contributed by atoms with E-state index in [4.69, 9.17) is 18.9 Å². The first-order valence-electron chi connectivity index (χ1n) is 9.96. The van der Waals surface area contributed by atoms with E-state index in [1.54, 1.807) is 39.7 Å². The lowest BCUT2D eigenvalue weighted by Gasteiger charge is -2.14. The molecule has 0 radical (unpaired) electrons. The Labute approximate surface area is 181 Å². The number of rotatable bonds is 9. The van der Waals surface area contributed by atoms with Crippen molar-refractivity contribution in [2.24, 2.45) is 5.10 Å². The minimum absolute atomic E-state index is 0.0462. The van der Waals surface area contributed by atoms with Gasteiger partial charge in [0.25, 0.3) is 5.91 Å². The number of benzene rings is 2. The molecule has 1 aliphatic heterocycles. The summed E-state index contributed by atoms with van der Waals surface area (Å²) in [4.78, 5) is 12.5. The molecule has 166 valence electrons. The highest BCUT2D eigenvalue weighted by molar-refractivity contribution is 5.85. The van der Waals surface area contributed by atoms with E-state index in [1.807, 2.05) is 31.2 Å². The van der Waals surface area contributed by atoms with Gasteiger partial charge in [0.05, 0.1) is 34.2 Å². The van der Waals surface area contributed by atoms with Gasteiger partial charge < -0.3 is 18.9 Å². The molecule has 9 heteroatoms. The number of hydrazine groups is 1. The van der Waals surface area contributed by atoms with Crippen molar-refractivity contribution in [2.45, 2.75) is 25.4 Å². The number of hydrogen-bond donors (Lipinski definition) is 3. The van der Waals surface area contributed by atoms with Crippen molar-refractivity contribution < 1.29 is 23.7 Å². The zero-order valence-electron chi connectivity index (χ0n) is 18.1. The number of nitrogens with one attached hydrogen (secondary N) is 3. The van der Waals surface area contributed by atoms with Crippen LogP contribution in [0.3, 0.4) is 0 Å². The molecule has 0 spiro atoms. The second-order valence-corrected chi connectivity index (χ2v) is 6.82. The van der Waals surface area contributed by atoms with Crippen LogP contribution in [0.25, 0.3) is 0 Å². The monoisotopic (exact) mass is 428 g/mol. The number of carbonyl (C=O) groups excluding carboxylic acids is 1. The van der Waals surface area contributed by atoms with Crippen LogP contribution < -0.4 is 35.2 Å². The minimum Gasteiger partial charge on any atom is -0.493 e. The van der Waals surface area contributed by atoms with Crippen molar-refractivity contribution in [3.63, 3.8) is 0 Å². The van der Waals surface area contributed by atoms with Crippen LogP contribution in [0.2, 0.25) is 0 Å². The molecule has 0 aliphatic carbocycles. The van der Waals surface area contributed by atoms with Gasteiger partial charge in [0, 0.05) is 6.04 Å². The van der Waals surface area contributed by atoms with Crippen molar-refractivity contribution in [2.75, 3.05) is 27.9 Å². The van der Waals surface area contributed by atoms with Gasteiger partial charge in [-0.15, -0.1) is 0 Å². The Balaban J connectivity index is 1.58. The number of amides is 1. The Morgan fingerprint density at radius 3 is 2.45 bits per heavy atom. The van der Waals surface area contributed by atoms with Crippen LogP contribution in [-0.2, 0) is 4.79 Å². The summed E-state index contributed by atoms with van der Waals surface area (Å²) in [6.07, 6.45) is 2.12. The molecule has 0 bridgehead atoms. The van der Waals surface area contributed by atoms with Crippen LogP contribution in [0.15, 0.2) is 41.5 Å². The summed E-state index contributed by atoms with van der Waals surface area (Å²) in [5.41, 5.74) is 10.5. The predicted octanol–water partition coefficient (Wildman–Crippen LogP) is 2.17. The lowest BCUT2D eigenvalue weighted by atomic mass is 10.0. The third-order valence-corrected chi connectivity index (χ3v) is 4.91. The molecule has 2 unspecified atom stereocenters. The van der Waals surface area contributed by atoms with Crippen LogP contribution in [-0.4, -0.2) is 46.1 Å². The Hall–Kier alpha value is -3.30. The van der Waals surface area contributed by atoms with Gasteiger partial charge in [-0.3, -0.25) is 4.79 Å². The molecular formula is C22H28N4O5. The normalized spacial score (nSPS) is 18.1. The molecule has 9 nitrogen and oxygen atoms in total. The predicted molar refractivity (Wildman–Crippen MR) is 117 cm³/mol. The smallest absolute Gasteiger partial charge is 0.258 e. The number of carbonyl (C=O) groups is 1. The summed E-state index contributed by atoms with van der Waals surface area (Å²) < 4.78 is 21.4. The van der Waals surface area contributed by atoms with Crippen molar-refractivity contribution in [3.8, 4) is 23.0 Å². The Bertz CT molecular complexity index is 934.